The molecule has 0 bridgehead atoms. The van der Waals surface area contributed by atoms with E-state index in [1.54, 1.807) is 32.6 Å². The molecule has 1 unspecified atom stereocenters. The van der Waals surface area contributed by atoms with Gasteiger partial charge in [0.15, 0.2) is 0 Å². The van der Waals surface area contributed by atoms with Gasteiger partial charge < -0.3 is 15.0 Å². The lowest BCUT2D eigenvalue weighted by Gasteiger charge is -2.27. The van der Waals surface area contributed by atoms with Gasteiger partial charge in [-0.25, -0.2) is 0 Å². The third kappa shape index (κ3) is 5.02. The predicted octanol–water partition coefficient (Wildman–Crippen LogP) is 0.950. The van der Waals surface area contributed by atoms with Gasteiger partial charge in [0.05, 0.1) is 13.2 Å². The first-order chi connectivity index (χ1) is 9.77. The van der Waals surface area contributed by atoms with E-state index in [0.29, 0.717) is 0 Å². The molecule has 120 valence electrons. The molecule has 1 atom stereocenters. The minimum atomic E-state index is -0.913. The van der Waals surface area contributed by atoms with Gasteiger partial charge in [-0.1, -0.05) is 20.8 Å². The van der Waals surface area contributed by atoms with E-state index in [-0.39, 0.29) is 19.1 Å². The van der Waals surface area contributed by atoms with Crippen LogP contribution in [0.2, 0.25) is 0 Å². The summed E-state index contributed by atoms with van der Waals surface area (Å²) in [6, 6.07) is 0. The molecule has 0 aromatic heterocycles. The lowest BCUT2D eigenvalue weighted by molar-refractivity contribution is -0.157. The standard InChI is InChI=1S/C15H26N2O4/c1-5-21-14(20)12(15(2,3)4)13(19)16-10-11(18)17-8-6-7-9-17/h12H,5-10H2,1-4H3,(H,16,19). The van der Waals surface area contributed by atoms with Crippen LogP contribution in [-0.2, 0) is 19.1 Å². The maximum absolute atomic E-state index is 12.2. The summed E-state index contributed by atoms with van der Waals surface area (Å²) in [5.74, 6) is -2.01. The van der Waals surface area contributed by atoms with Gasteiger partial charge in [0.2, 0.25) is 11.8 Å². The molecule has 1 aliphatic heterocycles. The molecule has 0 aliphatic carbocycles. The summed E-state index contributed by atoms with van der Waals surface area (Å²) in [6.07, 6.45) is 2.01. The number of ether oxygens (including phenoxy) is 1. The van der Waals surface area contributed by atoms with E-state index >= 15 is 0 Å². The second-order valence-electron chi connectivity index (χ2n) is 6.36. The number of carbonyl (C=O) groups excluding carboxylic acids is 3. The predicted molar refractivity (Wildman–Crippen MR) is 78.4 cm³/mol. The van der Waals surface area contributed by atoms with Crippen LogP contribution in [0, 0.1) is 11.3 Å². The largest absolute Gasteiger partial charge is 0.465 e. The Morgan fingerprint density at radius 2 is 1.76 bits per heavy atom. The van der Waals surface area contributed by atoms with E-state index < -0.39 is 23.2 Å². The van der Waals surface area contributed by atoms with E-state index in [9.17, 15) is 14.4 Å². The third-order valence-electron chi connectivity index (χ3n) is 3.52. The highest BCUT2D eigenvalue weighted by molar-refractivity contribution is 5.99. The molecule has 0 radical (unpaired) electrons. The number of amides is 2. The molecule has 6 nitrogen and oxygen atoms in total. The van der Waals surface area contributed by atoms with Gasteiger partial charge >= 0.3 is 5.97 Å². The second-order valence-corrected chi connectivity index (χ2v) is 6.36. The number of likely N-dealkylation sites (tertiary alicyclic amines) is 1. The van der Waals surface area contributed by atoms with Crippen molar-refractivity contribution >= 4 is 17.8 Å². The SMILES string of the molecule is CCOC(=O)C(C(=O)NCC(=O)N1CCCC1)C(C)(C)C. The quantitative estimate of drug-likeness (QED) is 0.605. The van der Waals surface area contributed by atoms with Gasteiger partial charge in [-0.2, -0.15) is 0 Å². The minimum Gasteiger partial charge on any atom is -0.465 e. The first kappa shape index (κ1) is 17.5. The van der Waals surface area contributed by atoms with Crippen LogP contribution < -0.4 is 5.32 Å². The third-order valence-corrected chi connectivity index (χ3v) is 3.52. The molecular weight excluding hydrogens is 272 g/mol. The Labute approximate surface area is 126 Å². The number of hydrogen-bond donors (Lipinski definition) is 1. The molecule has 0 aromatic carbocycles. The Hall–Kier alpha value is -1.59. The molecule has 0 saturated carbocycles. The highest BCUT2D eigenvalue weighted by Crippen LogP contribution is 2.27. The van der Waals surface area contributed by atoms with Gasteiger partial charge in [-0.15, -0.1) is 0 Å². The lowest BCUT2D eigenvalue weighted by Crippen LogP contribution is -2.47. The van der Waals surface area contributed by atoms with Crippen LogP contribution in [0.25, 0.3) is 0 Å². The fraction of sp³-hybridized carbons (Fsp3) is 0.800. The summed E-state index contributed by atoms with van der Waals surface area (Å²) in [5.41, 5.74) is -0.562. The van der Waals surface area contributed by atoms with Crippen molar-refractivity contribution in [3.63, 3.8) is 0 Å². The van der Waals surface area contributed by atoms with Crippen LogP contribution >= 0.6 is 0 Å². The highest BCUT2D eigenvalue weighted by Gasteiger charge is 2.39. The Morgan fingerprint density at radius 3 is 2.24 bits per heavy atom. The summed E-state index contributed by atoms with van der Waals surface area (Å²) in [7, 11) is 0. The van der Waals surface area contributed by atoms with Crippen molar-refractivity contribution in [1.82, 2.24) is 10.2 Å². The Morgan fingerprint density at radius 1 is 1.19 bits per heavy atom. The fourth-order valence-corrected chi connectivity index (χ4v) is 2.42. The first-order valence-corrected chi connectivity index (χ1v) is 7.49. The number of rotatable bonds is 5. The van der Waals surface area contributed by atoms with Crippen LogP contribution in [-0.4, -0.2) is 48.9 Å². The minimum absolute atomic E-state index is 0.0647. The molecule has 1 aliphatic rings. The monoisotopic (exact) mass is 298 g/mol. The number of hydrogen-bond acceptors (Lipinski definition) is 4. The maximum atomic E-state index is 12.2. The van der Waals surface area contributed by atoms with E-state index in [2.05, 4.69) is 5.32 Å². The van der Waals surface area contributed by atoms with E-state index in [0.717, 1.165) is 25.9 Å². The zero-order valence-corrected chi connectivity index (χ0v) is 13.4. The lowest BCUT2D eigenvalue weighted by atomic mass is 9.80. The summed E-state index contributed by atoms with van der Waals surface area (Å²) >= 11 is 0. The average Bonchev–Trinajstić information content (AvgIpc) is 2.88. The molecule has 1 heterocycles. The second kappa shape index (κ2) is 7.43. The van der Waals surface area contributed by atoms with Crippen molar-refractivity contribution < 1.29 is 19.1 Å². The van der Waals surface area contributed by atoms with Crippen molar-refractivity contribution in [2.24, 2.45) is 11.3 Å². The molecule has 6 heteroatoms. The molecule has 0 spiro atoms. The molecule has 1 N–H and O–H groups in total. The zero-order valence-electron chi connectivity index (χ0n) is 13.4. The molecule has 1 saturated heterocycles. The van der Waals surface area contributed by atoms with Crippen molar-refractivity contribution in [1.29, 1.82) is 0 Å². The molecule has 2 amide bonds. The van der Waals surface area contributed by atoms with Gasteiger partial charge in [0.1, 0.15) is 5.92 Å². The molecule has 0 aromatic rings. The number of nitrogens with zero attached hydrogens (tertiary/aromatic N) is 1. The fourth-order valence-electron chi connectivity index (χ4n) is 2.42. The Bertz CT molecular complexity index is 395. The van der Waals surface area contributed by atoms with E-state index in [4.69, 9.17) is 4.74 Å². The molecule has 1 fully saturated rings. The smallest absolute Gasteiger partial charge is 0.319 e. The van der Waals surface area contributed by atoms with Gasteiger partial charge in [-0.3, -0.25) is 14.4 Å². The Balaban J connectivity index is 2.60. The van der Waals surface area contributed by atoms with Gasteiger partial charge in [0, 0.05) is 13.1 Å². The zero-order chi connectivity index (χ0) is 16.0. The summed E-state index contributed by atoms with van der Waals surface area (Å²) in [6.45, 7) is 8.76. The maximum Gasteiger partial charge on any atom is 0.319 e. The number of carbonyl (C=O) groups is 3. The molecular formula is C15H26N2O4. The first-order valence-electron chi connectivity index (χ1n) is 7.49. The Kier molecular flexibility index (Phi) is 6.18. The van der Waals surface area contributed by atoms with E-state index in [1.807, 2.05) is 0 Å². The van der Waals surface area contributed by atoms with Crippen molar-refractivity contribution in [3.8, 4) is 0 Å². The van der Waals surface area contributed by atoms with Crippen molar-refractivity contribution in [2.45, 2.75) is 40.5 Å². The number of esters is 1. The summed E-state index contributed by atoms with van der Waals surface area (Å²) in [5, 5.41) is 2.57. The molecule has 21 heavy (non-hydrogen) atoms. The van der Waals surface area contributed by atoms with Crippen LogP contribution in [0.15, 0.2) is 0 Å². The molecule has 1 rings (SSSR count). The normalized spacial score (nSPS) is 16.5. The topological polar surface area (TPSA) is 75.7 Å². The highest BCUT2D eigenvalue weighted by atomic mass is 16.5. The van der Waals surface area contributed by atoms with Crippen molar-refractivity contribution in [3.05, 3.63) is 0 Å². The number of nitrogens with one attached hydrogen (secondary N) is 1. The van der Waals surface area contributed by atoms with Gasteiger partial charge in [-0.05, 0) is 25.2 Å². The van der Waals surface area contributed by atoms with Crippen LogP contribution in [0.4, 0.5) is 0 Å². The van der Waals surface area contributed by atoms with Crippen LogP contribution in [0.1, 0.15) is 40.5 Å². The summed E-state index contributed by atoms with van der Waals surface area (Å²) < 4.78 is 4.96. The van der Waals surface area contributed by atoms with Crippen LogP contribution in [0.3, 0.4) is 0 Å². The summed E-state index contributed by atoms with van der Waals surface area (Å²) in [4.78, 5) is 37.8. The van der Waals surface area contributed by atoms with Crippen LogP contribution in [0.5, 0.6) is 0 Å². The van der Waals surface area contributed by atoms with Gasteiger partial charge in [0.25, 0.3) is 0 Å². The average molecular weight is 298 g/mol. The van der Waals surface area contributed by atoms with E-state index in [1.165, 1.54) is 0 Å². The van der Waals surface area contributed by atoms with Crippen molar-refractivity contribution in [2.75, 3.05) is 26.2 Å².